The van der Waals surface area contributed by atoms with Gasteiger partial charge in [0.2, 0.25) is 16.3 Å². The van der Waals surface area contributed by atoms with E-state index in [9.17, 15) is 32.8 Å². The summed E-state index contributed by atoms with van der Waals surface area (Å²) in [5.74, 6) is -2.17. The molecule has 36 heavy (non-hydrogen) atoms. The van der Waals surface area contributed by atoms with E-state index < -0.39 is 60.2 Å². The van der Waals surface area contributed by atoms with Crippen LogP contribution in [0.4, 0.5) is 0 Å². The Morgan fingerprint density at radius 1 is 1.22 bits per heavy atom. The Hall–Kier alpha value is 0.510. The minimum atomic E-state index is -5.60. The van der Waals surface area contributed by atoms with Gasteiger partial charge >= 0.3 is 59.1 Å². The molecule has 192 valence electrons. The number of carboxylic acid groups (broad SMARTS) is 1. The molecule has 3 saturated carbocycles. The van der Waals surface area contributed by atoms with Gasteiger partial charge in [-0.15, -0.1) is 0 Å². The topological polar surface area (TPSA) is 156 Å². The molecule has 0 aromatic carbocycles. The molecule has 0 aromatic rings. The molecule has 4 aliphatic rings. The summed E-state index contributed by atoms with van der Waals surface area (Å²) in [7, 11) is -5.60. The quantitative estimate of drug-likeness (QED) is 0.132. The maximum absolute atomic E-state index is 12.0. The van der Waals surface area contributed by atoms with E-state index in [4.69, 9.17) is 6.85 Å². The minimum absolute atomic E-state index is 0. The monoisotopic (exact) mass is 548 g/mol. The second-order valence-electron chi connectivity index (χ2n) is 10.1. The molecule has 0 bridgehead atoms. The van der Waals surface area contributed by atoms with Crippen molar-refractivity contribution in [3.05, 3.63) is 11.6 Å². The Bertz CT molecular complexity index is 1150. The predicted molar refractivity (Wildman–Crippen MR) is 118 cm³/mol. The van der Waals surface area contributed by atoms with Crippen LogP contribution in [-0.2, 0) is 24.2 Å². The van der Waals surface area contributed by atoms with Crippen LogP contribution in [0.3, 0.4) is 0 Å². The van der Waals surface area contributed by atoms with Crippen molar-refractivity contribution in [1.82, 2.24) is 5.32 Å². The van der Waals surface area contributed by atoms with Gasteiger partial charge in [0.25, 0.3) is 0 Å². The van der Waals surface area contributed by atoms with Crippen molar-refractivity contribution >= 4 is 22.3 Å². The maximum Gasteiger partial charge on any atom is 1.00 e. The Labute approximate surface area is 265 Å². The van der Waals surface area contributed by atoms with E-state index in [1.165, 1.54) is 6.08 Å². The summed E-state index contributed by atoms with van der Waals surface area (Å²) in [4.78, 5) is 22.5. The van der Waals surface area contributed by atoms with Crippen molar-refractivity contribution in [3.63, 3.8) is 0 Å². The number of fused-ring (bicyclic) bond motifs is 5. The van der Waals surface area contributed by atoms with Crippen molar-refractivity contribution in [2.45, 2.75) is 76.8 Å². The van der Waals surface area contributed by atoms with Crippen LogP contribution in [0.5, 0.6) is 0 Å². The van der Waals surface area contributed by atoms with Gasteiger partial charge in [-0.05, 0) is 92.7 Å². The molecule has 4 aliphatic carbocycles. The van der Waals surface area contributed by atoms with Crippen LogP contribution in [0.1, 0.15) is 71.5 Å². The fraction of sp³-hybridized carbons (Fsp3) is 0.833. The van der Waals surface area contributed by atoms with Crippen molar-refractivity contribution in [2.24, 2.45) is 41.4 Å². The third-order valence-electron chi connectivity index (χ3n) is 8.33. The SMILES string of the molecule is [2H]C1([2H])C[C@H]2C(=C[C@@H](O)[C@@H]3C2CC[C@@H]2C([C@H](C)CCC(=O)NCC(=O)[O-])CC[C@@H]32)C([2H])([2H])[C@@]1([2H])OS(=O)(=O)[O-].[Na+].[Na+]. The molecule has 4 rings (SSSR count). The van der Waals surface area contributed by atoms with Crippen molar-refractivity contribution < 1.29 is 103 Å². The van der Waals surface area contributed by atoms with E-state index in [0.717, 1.165) is 19.3 Å². The number of hydrogen-bond acceptors (Lipinski definition) is 8. The number of carbonyl (C=O) groups is 2. The molecule has 3 fully saturated rings. The zero-order chi connectivity index (χ0) is 29.1. The number of hydrogen-bond donors (Lipinski definition) is 2. The van der Waals surface area contributed by atoms with Gasteiger partial charge in [-0.2, -0.15) is 0 Å². The van der Waals surface area contributed by atoms with Crippen LogP contribution in [0, 0.1) is 41.4 Å². The zero-order valence-corrected chi connectivity index (χ0v) is 25.9. The number of aliphatic hydroxyl groups excluding tert-OH is 1. The first-order valence-electron chi connectivity index (χ1n) is 14.4. The number of carboxylic acids is 1. The molecule has 0 saturated heterocycles. The maximum atomic E-state index is 12.0. The normalized spacial score (nSPS) is 42.9. The van der Waals surface area contributed by atoms with Crippen LogP contribution >= 0.6 is 0 Å². The Morgan fingerprint density at radius 2 is 1.89 bits per heavy atom. The average Bonchev–Trinajstić information content (AvgIpc) is 3.24. The second kappa shape index (κ2) is 13.7. The molecule has 12 heteroatoms. The number of nitrogens with one attached hydrogen (secondary N) is 1. The molecule has 0 aliphatic heterocycles. The van der Waals surface area contributed by atoms with Gasteiger partial charge in [-0.25, -0.2) is 8.42 Å². The number of rotatable bonds is 8. The molecule has 2 N–H and O–H groups in total. The molecule has 0 heterocycles. The summed E-state index contributed by atoms with van der Waals surface area (Å²) in [6, 6.07) is 0. The molecule has 9 nitrogen and oxygen atoms in total. The molecular weight excluding hydrogens is 508 g/mol. The van der Waals surface area contributed by atoms with E-state index in [-0.39, 0.29) is 113 Å². The Morgan fingerprint density at radius 3 is 2.56 bits per heavy atom. The predicted octanol–water partition coefficient (Wildman–Crippen LogP) is -5.11. The summed E-state index contributed by atoms with van der Waals surface area (Å²) >= 11 is 0. The number of carbonyl (C=O) groups excluding carboxylic acids is 2. The first-order valence-corrected chi connectivity index (χ1v) is 13.3. The van der Waals surface area contributed by atoms with Gasteiger partial charge in [0, 0.05) is 11.9 Å². The molecule has 0 aromatic heterocycles. The Balaban J connectivity index is 0.00000294. The van der Waals surface area contributed by atoms with Crippen LogP contribution in [-0.4, -0.2) is 48.7 Å². The van der Waals surface area contributed by atoms with Gasteiger partial charge in [-0.3, -0.25) is 8.98 Å². The number of aliphatic hydroxyl groups is 1. The smallest absolute Gasteiger partial charge is 0.726 e. The first kappa shape index (κ1) is 25.5. The zero-order valence-electron chi connectivity index (χ0n) is 26.1. The fourth-order valence-corrected chi connectivity index (χ4v) is 7.33. The molecule has 9 atom stereocenters. The summed E-state index contributed by atoms with van der Waals surface area (Å²) in [6.45, 7) is 1.53. The van der Waals surface area contributed by atoms with Crippen molar-refractivity contribution in [3.8, 4) is 0 Å². The van der Waals surface area contributed by atoms with Gasteiger partial charge in [0.05, 0.1) is 26.1 Å². The summed E-state index contributed by atoms with van der Waals surface area (Å²) in [5, 5.41) is 24.1. The van der Waals surface area contributed by atoms with Crippen LogP contribution in [0.2, 0.25) is 0 Å². The van der Waals surface area contributed by atoms with Gasteiger partial charge in [0.1, 0.15) is 0 Å². The molecule has 0 radical (unpaired) electrons. The van der Waals surface area contributed by atoms with Crippen molar-refractivity contribution in [2.75, 3.05) is 6.54 Å². The van der Waals surface area contributed by atoms with Crippen LogP contribution in [0.15, 0.2) is 11.6 Å². The molecule has 2 unspecified atom stereocenters. The molecular formula is C24H35NNa2O8S. The molecule has 0 spiro atoms. The third kappa shape index (κ3) is 7.79. The molecule has 1 amide bonds. The van der Waals surface area contributed by atoms with E-state index in [2.05, 4.69) is 16.4 Å². The second-order valence-corrected chi connectivity index (χ2v) is 11.1. The van der Waals surface area contributed by atoms with Gasteiger partial charge in [0.15, 0.2) is 0 Å². The van der Waals surface area contributed by atoms with E-state index in [0.29, 0.717) is 12.8 Å². The summed E-state index contributed by atoms with van der Waals surface area (Å²) in [6.07, 6.45) is -5.56. The number of aliphatic carboxylic acids is 1. The van der Waals surface area contributed by atoms with Crippen molar-refractivity contribution in [1.29, 1.82) is 0 Å². The Kier molecular flexibility index (Phi) is 9.71. The number of amides is 1. The fourth-order valence-electron chi connectivity index (χ4n) is 7.02. The largest absolute Gasteiger partial charge is 1.00 e. The van der Waals surface area contributed by atoms with E-state index >= 15 is 0 Å². The third-order valence-corrected chi connectivity index (χ3v) is 8.70. The standard InChI is InChI=1S/C24H37NO8S.2Na/c1-13(2-9-22(27)25-12-23(28)29)16-5-7-20-18(16)6-8-19-17-4-3-15(33-34(30,31)32)10-14(17)11-21(26)24(19)20;;/h11,13,15-21,24,26H,2-10,12H2,1H3,(H,25,27)(H,28,29)(H,30,31,32);;/q;2*+1/p-2/t13-,15+,16?,17+,18-,19?,20-,21-,24-;;/m1../s1/i3D2,10D2,15D;;. The van der Waals surface area contributed by atoms with E-state index in [1.54, 1.807) is 0 Å². The summed E-state index contributed by atoms with van der Waals surface area (Å²) < 4.78 is 80.6. The van der Waals surface area contributed by atoms with Gasteiger partial charge in [-0.1, -0.05) is 18.6 Å². The van der Waals surface area contributed by atoms with Crippen LogP contribution in [0.25, 0.3) is 0 Å². The average molecular weight is 549 g/mol. The van der Waals surface area contributed by atoms with Gasteiger partial charge < -0.3 is 24.9 Å². The minimum Gasteiger partial charge on any atom is -0.726 e. The first-order chi connectivity index (χ1) is 17.9. The van der Waals surface area contributed by atoms with Crippen LogP contribution < -0.4 is 69.5 Å². The summed E-state index contributed by atoms with van der Waals surface area (Å²) in [5.41, 5.74) is -0.0889. The van der Waals surface area contributed by atoms with E-state index in [1.807, 2.05) is 0 Å².